The van der Waals surface area contributed by atoms with Crippen molar-refractivity contribution in [2.24, 2.45) is 0 Å². The van der Waals surface area contributed by atoms with Crippen LogP contribution < -0.4 is 0 Å². The van der Waals surface area contributed by atoms with Gasteiger partial charge in [0.1, 0.15) is 17.8 Å². The third-order valence-electron chi connectivity index (χ3n) is 3.35. The van der Waals surface area contributed by atoms with Gasteiger partial charge in [0.05, 0.1) is 0 Å². The Morgan fingerprint density at radius 3 is 3.00 bits per heavy atom. The molecule has 0 aliphatic carbocycles. The van der Waals surface area contributed by atoms with Crippen molar-refractivity contribution in [3.8, 4) is 0 Å². The molecule has 2 aromatic rings. The number of esters is 1. The van der Waals surface area contributed by atoms with Crippen LogP contribution in [0, 0.1) is 3.70 Å². The number of nitrogens with zero attached hydrogens (tertiary/aromatic N) is 4. The van der Waals surface area contributed by atoms with Crippen LogP contribution in [0.4, 0.5) is 0 Å². The van der Waals surface area contributed by atoms with Crippen molar-refractivity contribution < 1.29 is 14.3 Å². The predicted molar refractivity (Wildman–Crippen MR) is 87.4 cm³/mol. The van der Waals surface area contributed by atoms with Gasteiger partial charge in [-0.25, -0.2) is 14.6 Å². The lowest BCUT2D eigenvalue weighted by Crippen LogP contribution is -2.19. The molecule has 1 unspecified atom stereocenters. The Kier molecular flexibility index (Phi) is 4.79. The molecular formula is C13H14ClIN4O3. The summed E-state index contributed by atoms with van der Waals surface area (Å²) in [6, 6.07) is 0. The molecular weight excluding hydrogens is 423 g/mol. The number of hydrogen-bond donors (Lipinski definition) is 0. The summed E-state index contributed by atoms with van der Waals surface area (Å²) in [5.41, 5.74) is 1.65. The first-order valence-corrected chi connectivity index (χ1v) is 8.37. The Balaban J connectivity index is 1.99. The van der Waals surface area contributed by atoms with Gasteiger partial charge in [0.15, 0.2) is 20.7 Å². The summed E-state index contributed by atoms with van der Waals surface area (Å²) in [7, 11) is 0. The zero-order chi connectivity index (χ0) is 15.7. The topological polar surface area (TPSA) is 79.1 Å². The highest BCUT2D eigenvalue weighted by molar-refractivity contribution is 14.1. The van der Waals surface area contributed by atoms with E-state index in [-0.39, 0.29) is 24.0 Å². The molecule has 1 aliphatic heterocycles. The quantitative estimate of drug-likeness (QED) is 0.544. The maximum Gasteiger partial charge on any atom is 0.303 e. The molecule has 0 aromatic carbocycles. The van der Waals surface area contributed by atoms with Crippen LogP contribution in [0.25, 0.3) is 11.2 Å². The lowest BCUT2D eigenvalue weighted by molar-refractivity contribution is -0.142. The fourth-order valence-corrected chi connectivity index (χ4v) is 3.08. The monoisotopic (exact) mass is 436 g/mol. The average Bonchev–Trinajstić information content (AvgIpc) is 2.82. The molecule has 3 rings (SSSR count). The van der Waals surface area contributed by atoms with E-state index in [0.29, 0.717) is 23.5 Å². The van der Waals surface area contributed by atoms with Crippen molar-refractivity contribution in [1.29, 1.82) is 0 Å². The summed E-state index contributed by atoms with van der Waals surface area (Å²) in [6.45, 7) is 2.05. The van der Waals surface area contributed by atoms with Crippen LogP contribution in [0.1, 0.15) is 38.1 Å². The average molecular weight is 437 g/mol. The molecule has 22 heavy (non-hydrogen) atoms. The molecule has 1 fully saturated rings. The van der Waals surface area contributed by atoms with E-state index in [1.807, 2.05) is 0 Å². The maximum absolute atomic E-state index is 10.9. The zero-order valence-corrected chi connectivity index (χ0v) is 14.8. The van der Waals surface area contributed by atoms with Crippen LogP contribution >= 0.6 is 34.2 Å². The maximum atomic E-state index is 10.9. The zero-order valence-electron chi connectivity index (χ0n) is 11.9. The lowest BCUT2D eigenvalue weighted by atomic mass is 10.2. The van der Waals surface area contributed by atoms with Gasteiger partial charge in [-0.15, -0.1) is 0 Å². The van der Waals surface area contributed by atoms with Gasteiger partial charge in [-0.2, -0.15) is 5.10 Å². The normalized spacial score (nSPS) is 18.6. The Bertz CT molecular complexity index is 715. The molecule has 0 saturated carbocycles. The fraction of sp³-hybridized carbons (Fsp3) is 0.538. The standard InChI is InChI=1S/C13H14ClIN4O3/c1-7(20)22-6-8-11(14)17-13-10(16-8)12(15)18-19(13)9-4-2-3-5-21-9/h9H,2-6H2,1H3. The second-order valence-electron chi connectivity index (χ2n) is 4.97. The van der Waals surface area contributed by atoms with Crippen molar-refractivity contribution in [2.45, 2.75) is 39.0 Å². The molecule has 1 saturated heterocycles. The van der Waals surface area contributed by atoms with E-state index in [9.17, 15) is 4.79 Å². The number of rotatable bonds is 3. The summed E-state index contributed by atoms with van der Waals surface area (Å²) in [5, 5.41) is 4.69. The molecule has 3 heterocycles. The van der Waals surface area contributed by atoms with Crippen LogP contribution in [-0.4, -0.2) is 32.3 Å². The van der Waals surface area contributed by atoms with Crippen LogP contribution in [0.3, 0.4) is 0 Å². The highest BCUT2D eigenvalue weighted by Gasteiger charge is 2.23. The van der Waals surface area contributed by atoms with E-state index in [1.165, 1.54) is 6.92 Å². The first-order chi connectivity index (χ1) is 10.6. The first-order valence-electron chi connectivity index (χ1n) is 6.91. The number of hydrogen-bond acceptors (Lipinski definition) is 6. The molecule has 7 nitrogen and oxygen atoms in total. The number of fused-ring (bicyclic) bond motifs is 1. The molecule has 118 valence electrons. The van der Waals surface area contributed by atoms with E-state index >= 15 is 0 Å². The van der Waals surface area contributed by atoms with Gasteiger partial charge in [0, 0.05) is 13.5 Å². The Morgan fingerprint density at radius 1 is 1.50 bits per heavy atom. The molecule has 0 amide bonds. The fourth-order valence-electron chi connectivity index (χ4n) is 2.31. The first kappa shape index (κ1) is 15.9. The van der Waals surface area contributed by atoms with Gasteiger partial charge in [-0.05, 0) is 41.9 Å². The van der Waals surface area contributed by atoms with Crippen LogP contribution in [0.15, 0.2) is 0 Å². The van der Waals surface area contributed by atoms with E-state index in [2.05, 4.69) is 37.7 Å². The summed E-state index contributed by atoms with van der Waals surface area (Å²) in [4.78, 5) is 19.7. The molecule has 0 spiro atoms. The molecule has 1 atom stereocenters. The summed E-state index contributed by atoms with van der Waals surface area (Å²) in [6.07, 6.45) is 2.91. The third-order valence-corrected chi connectivity index (χ3v) is 4.38. The Labute approximate surface area is 145 Å². The lowest BCUT2D eigenvalue weighted by Gasteiger charge is -2.22. The molecule has 1 aliphatic rings. The number of ether oxygens (including phenoxy) is 2. The molecule has 0 radical (unpaired) electrons. The SMILES string of the molecule is CC(=O)OCc1nc2c(I)nn(C3CCCCO3)c2nc1Cl. The van der Waals surface area contributed by atoms with Crippen molar-refractivity contribution >= 4 is 51.3 Å². The van der Waals surface area contributed by atoms with E-state index in [4.69, 9.17) is 21.1 Å². The van der Waals surface area contributed by atoms with Crippen molar-refractivity contribution in [3.05, 3.63) is 14.5 Å². The van der Waals surface area contributed by atoms with Crippen molar-refractivity contribution in [3.63, 3.8) is 0 Å². The van der Waals surface area contributed by atoms with Gasteiger partial charge in [-0.3, -0.25) is 4.79 Å². The molecule has 0 bridgehead atoms. The summed E-state index contributed by atoms with van der Waals surface area (Å²) < 4.78 is 13.2. The number of carbonyl (C=O) groups excluding carboxylic acids is 1. The van der Waals surface area contributed by atoms with Gasteiger partial charge in [0.2, 0.25) is 0 Å². The predicted octanol–water partition coefficient (Wildman–Crippen LogP) is 2.85. The highest BCUT2D eigenvalue weighted by Crippen LogP contribution is 2.28. The Morgan fingerprint density at radius 2 is 2.32 bits per heavy atom. The summed E-state index contributed by atoms with van der Waals surface area (Å²) >= 11 is 8.26. The van der Waals surface area contributed by atoms with Crippen molar-refractivity contribution in [1.82, 2.24) is 19.7 Å². The van der Waals surface area contributed by atoms with Crippen LogP contribution in [0.2, 0.25) is 5.15 Å². The van der Waals surface area contributed by atoms with Gasteiger partial charge in [-0.1, -0.05) is 11.6 Å². The van der Waals surface area contributed by atoms with Gasteiger partial charge in [0.25, 0.3) is 0 Å². The largest absolute Gasteiger partial charge is 0.459 e. The number of halogens is 2. The van der Waals surface area contributed by atoms with Gasteiger partial charge >= 0.3 is 5.97 Å². The van der Waals surface area contributed by atoms with E-state index < -0.39 is 0 Å². The molecule has 9 heteroatoms. The molecule has 2 aromatic heterocycles. The second kappa shape index (κ2) is 6.63. The van der Waals surface area contributed by atoms with Crippen molar-refractivity contribution in [2.75, 3.05) is 6.61 Å². The molecule has 0 N–H and O–H groups in total. The van der Waals surface area contributed by atoms with E-state index in [0.717, 1.165) is 23.0 Å². The second-order valence-corrected chi connectivity index (χ2v) is 6.35. The van der Waals surface area contributed by atoms with E-state index in [1.54, 1.807) is 4.68 Å². The third kappa shape index (κ3) is 3.18. The van der Waals surface area contributed by atoms with Gasteiger partial charge < -0.3 is 9.47 Å². The number of aromatic nitrogens is 4. The van der Waals surface area contributed by atoms with Crippen LogP contribution in [0.5, 0.6) is 0 Å². The highest BCUT2D eigenvalue weighted by atomic mass is 127. The minimum atomic E-state index is -0.390. The summed E-state index contributed by atoms with van der Waals surface area (Å²) in [5.74, 6) is -0.390. The Hall–Kier alpha value is -1.00. The smallest absolute Gasteiger partial charge is 0.303 e. The minimum absolute atomic E-state index is 0.00169. The van der Waals surface area contributed by atoms with Crippen LogP contribution in [-0.2, 0) is 20.9 Å². The number of carbonyl (C=O) groups is 1. The minimum Gasteiger partial charge on any atom is -0.459 e.